The Morgan fingerprint density at radius 2 is 1.84 bits per heavy atom. The molecule has 1 aromatic heterocycles. The number of rotatable bonds is 6. The van der Waals surface area contributed by atoms with E-state index in [2.05, 4.69) is 15.9 Å². The second-order valence-electron chi connectivity index (χ2n) is 3.95. The van der Waals surface area contributed by atoms with E-state index in [-0.39, 0.29) is 0 Å². The molecule has 0 N–H and O–H groups in total. The van der Waals surface area contributed by atoms with E-state index < -0.39 is 10.0 Å². The van der Waals surface area contributed by atoms with Gasteiger partial charge >= 0.3 is 0 Å². The monoisotopic (exact) mass is 359 g/mol. The van der Waals surface area contributed by atoms with Crippen LogP contribution in [-0.2, 0) is 16.6 Å². The largest absolute Gasteiger partial charge is 0.252 e. The van der Waals surface area contributed by atoms with Gasteiger partial charge in [0.2, 0.25) is 0 Å². The molecule has 2 aromatic rings. The van der Waals surface area contributed by atoms with Gasteiger partial charge in [0.25, 0.3) is 10.0 Å². The van der Waals surface area contributed by atoms with Gasteiger partial charge in [0.05, 0.1) is 0 Å². The fraction of sp³-hybridized carbons (Fsp3) is 0.231. The van der Waals surface area contributed by atoms with Gasteiger partial charge in [-0.05, 0) is 17.0 Å². The lowest BCUT2D eigenvalue weighted by Gasteiger charge is -2.20. The summed E-state index contributed by atoms with van der Waals surface area (Å²) < 4.78 is 26.9. The van der Waals surface area contributed by atoms with Crippen LogP contribution in [0.3, 0.4) is 0 Å². The molecule has 0 aliphatic carbocycles. The van der Waals surface area contributed by atoms with E-state index in [1.807, 2.05) is 30.3 Å². The molecule has 0 fully saturated rings. The maximum Gasteiger partial charge on any atom is 0.252 e. The smallest absolute Gasteiger partial charge is 0.206 e. The van der Waals surface area contributed by atoms with Crippen molar-refractivity contribution >= 4 is 37.3 Å². The highest BCUT2D eigenvalue weighted by molar-refractivity contribution is 9.09. The van der Waals surface area contributed by atoms with Gasteiger partial charge in [-0.25, -0.2) is 8.42 Å². The summed E-state index contributed by atoms with van der Waals surface area (Å²) in [6.45, 7) is 0.849. The highest BCUT2D eigenvalue weighted by Crippen LogP contribution is 2.22. The SMILES string of the molecule is O=S(=O)(c1cccs1)N(CCBr)Cc1ccccc1. The van der Waals surface area contributed by atoms with Gasteiger partial charge in [0.15, 0.2) is 0 Å². The summed E-state index contributed by atoms with van der Waals surface area (Å²) in [5.41, 5.74) is 0.989. The van der Waals surface area contributed by atoms with Crippen molar-refractivity contribution in [3.05, 3.63) is 53.4 Å². The van der Waals surface area contributed by atoms with Crippen LogP contribution in [0.1, 0.15) is 5.56 Å². The Labute approximate surface area is 126 Å². The molecule has 6 heteroatoms. The number of hydrogen-bond donors (Lipinski definition) is 0. The van der Waals surface area contributed by atoms with Gasteiger partial charge in [-0.3, -0.25) is 0 Å². The number of benzene rings is 1. The molecular formula is C13H14BrNO2S2. The molecule has 3 nitrogen and oxygen atoms in total. The van der Waals surface area contributed by atoms with Crippen molar-refractivity contribution in [2.75, 3.05) is 11.9 Å². The lowest BCUT2D eigenvalue weighted by molar-refractivity contribution is 0.428. The average Bonchev–Trinajstić information content (AvgIpc) is 2.94. The van der Waals surface area contributed by atoms with Crippen molar-refractivity contribution in [2.45, 2.75) is 10.8 Å². The van der Waals surface area contributed by atoms with Crippen molar-refractivity contribution in [3.8, 4) is 0 Å². The molecule has 0 aliphatic heterocycles. The molecule has 0 saturated heterocycles. The van der Waals surface area contributed by atoms with Gasteiger partial charge in [-0.15, -0.1) is 11.3 Å². The topological polar surface area (TPSA) is 37.4 Å². The van der Waals surface area contributed by atoms with Gasteiger partial charge in [-0.2, -0.15) is 4.31 Å². The molecule has 0 saturated carbocycles. The Bertz CT molecular complexity index is 597. The number of thiophene rings is 1. The van der Waals surface area contributed by atoms with Crippen LogP contribution in [-0.4, -0.2) is 24.6 Å². The Morgan fingerprint density at radius 1 is 1.11 bits per heavy atom. The van der Waals surface area contributed by atoms with Gasteiger partial charge in [0.1, 0.15) is 4.21 Å². The molecule has 0 unspecified atom stereocenters. The summed E-state index contributed by atoms with van der Waals surface area (Å²) in [4.78, 5) is 0. The van der Waals surface area contributed by atoms with Crippen molar-refractivity contribution in [1.29, 1.82) is 0 Å². The summed E-state index contributed by atoms with van der Waals surface area (Å²) in [6.07, 6.45) is 0. The van der Waals surface area contributed by atoms with Crippen LogP contribution in [0, 0.1) is 0 Å². The van der Waals surface area contributed by atoms with E-state index in [9.17, 15) is 8.42 Å². The molecule has 102 valence electrons. The second-order valence-corrected chi connectivity index (χ2v) is 7.85. The third kappa shape index (κ3) is 3.66. The van der Waals surface area contributed by atoms with Crippen LogP contribution in [0.15, 0.2) is 52.1 Å². The lowest BCUT2D eigenvalue weighted by Crippen LogP contribution is -2.31. The molecule has 0 radical (unpaired) electrons. The lowest BCUT2D eigenvalue weighted by atomic mass is 10.2. The quantitative estimate of drug-likeness (QED) is 0.741. The van der Waals surface area contributed by atoms with Crippen LogP contribution in [0.2, 0.25) is 0 Å². The fourth-order valence-electron chi connectivity index (χ4n) is 1.70. The molecule has 1 heterocycles. The number of halogens is 1. The fourth-order valence-corrected chi connectivity index (χ4v) is 4.94. The van der Waals surface area contributed by atoms with Gasteiger partial charge in [-0.1, -0.05) is 52.3 Å². The molecule has 1 aromatic carbocycles. The van der Waals surface area contributed by atoms with Crippen molar-refractivity contribution < 1.29 is 8.42 Å². The van der Waals surface area contributed by atoms with Crippen LogP contribution < -0.4 is 0 Å². The molecule has 0 atom stereocenters. The summed E-state index contributed by atoms with van der Waals surface area (Å²) in [5, 5.41) is 2.39. The highest BCUT2D eigenvalue weighted by Gasteiger charge is 2.24. The standard InChI is InChI=1S/C13H14BrNO2S2/c14-8-9-15(11-12-5-2-1-3-6-12)19(16,17)13-7-4-10-18-13/h1-7,10H,8-9,11H2. The molecule has 0 bridgehead atoms. The first kappa shape index (κ1) is 14.7. The maximum atomic E-state index is 12.5. The zero-order valence-corrected chi connectivity index (χ0v) is 13.4. The van der Waals surface area contributed by atoms with Gasteiger partial charge in [0, 0.05) is 18.4 Å². The zero-order chi connectivity index (χ0) is 13.7. The first-order valence-electron chi connectivity index (χ1n) is 5.78. The summed E-state index contributed by atoms with van der Waals surface area (Å²) in [6, 6.07) is 13.0. The molecule has 0 spiro atoms. The summed E-state index contributed by atoms with van der Waals surface area (Å²) in [7, 11) is -3.40. The van der Waals surface area contributed by atoms with Crippen molar-refractivity contribution in [1.82, 2.24) is 4.31 Å². The molecular weight excluding hydrogens is 346 g/mol. The van der Waals surface area contributed by atoms with E-state index in [0.717, 1.165) is 5.56 Å². The first-order valence-corrected chi connectivity index (χ1v) is 9.22. The third-order valence-corrected chi connectivity index (χ3v) is 6.20. The Morgan fingerprint density at radius 3 is 2.42 bits per heavy atom. The number of nitrogens with zero attached hydrogens (tertiary/aromatic N) is 1. The summed E-state index contributed by atoms with van der Waals surface area (Å²) in [5.74, 6) is 0. The minimum absolute atomic E-state index is 0.393. The Hall–Kier alpha value is -0.690. The molecule has 0 amide bonds. The average molecular weight is 360 g/mol. The molecule has 0 aliphatic rings. The van der Waals surface area contributed by atoms with Crippen LogP contribution >= 0.6 is 27.3 Å². The van der Waals surface area contributed by atoms with Gasteiger partial charge < -0.3 is 0 Å². The van der Waals surface area contributed by atoms with E-state index in [1.165, 1.54) is 15.6 Å². The number of sulfonamides is 1. The van der Waals surface area contributed by atoms with Crippen molar-refractivity contribution in [3.63, 3.8) is 0 Å². The van der Waals surface area contributed by atoms with E-state index in [0.29, 0.717) is 22.6 Å². The van der Waals surface area contributed by atoms with Crippen LogP contribution in [0.5, 0.6) is 0 Å². The van der Waals surface area contributed by atoms with Crippen molar-refractivity contribution in [2.24, 2.45) is 0 Å². The predicted octanol–water partition coefficient (Wildman–Crippen LogP) is 3.33. The highest BCUT2D eigenvalue weighted by atomic mass is 79.9. The van der Waals surface area contributed by atoms with Crippen LogP contribution in [0.25, 0.3) is 0 Å². The first-order chi connectivity index (χ1) is 9.14. The number of alkyl halides is 1. The van der Waals surface area contributed by atoms with Crippen LogP contribution in [0.4, 0.5) is 0 Å². The predicted molar refractivity (Wildman–Crippen MR) is 82.2 cm³/mol. The number of hydrogen-bond acceptors (Lipinski definition) is 3. The Balaban J connectivity index is 2.26. The minimum Gasteiger partial charge on any atom is -0.206 e. The maximum absolute atomic E-state index is 12.5. The molecule has 2 rings (SSSR count). The third-order valence-electron chi connectivity index (χ3n) is 2.62. The second kappa shape index (κ2) is 6.65. The normalized spacial score (nSPS) is 11.9. The van der Waals surface area contributed by atoms with E-state index in [1.54, 1.807) is 17.5 Å². The minimum atomic E-state index is -3.40. The summed E-state index contributed by atoms with van der Waals surface area (Å²) >= 11 is 4.57. The zero-order valence-electron chi connectivity index (χ0n) is 10.2. The molecule has 19 heavy (non-hydrogen) atoms. The Kier molecular flexibility index (Phi) is 5.15. The van der Waals surface area contributed by atoms with E-state index >= 15 is 0 Å². The van der Waals surface area contributed by atoms with E-state index in [4.69, 9.17) is 0 Å².